The molecule has 1 aliphatic heterocycles. The van der Waals surface area contributed by atoms with Gasteiger partial charge in [-0.1, -0.05) is 18.2 Å². The molecule has 108 valence electrons. The molecule has 2 heterocycles. The summed E-state index contributed by atoms with van der Waals surface area (Å²) in [6.07, 6.45) is 4.95. The Bertz CT molecular complexity index is 670. The maximum Gasteiger partial charge on any atom is 0.255 e. The molecule has 0 radical (unpaired) electrons. The van der Waals surface area contributed by atoms with Crippen LogP contribution in [-0.2, 0) is 13.0 Å². The number of benzene rings is 1. The predicted molar refractivity (Wildman–Crippen MR) is 80.3 cm³/mol. The first-order valence-corrected chi connectivity index (χ1v) is 7.01. The molecule has 0 bridgehead atoms. The number of para-hydroxylation sites is 1. The van der Waals surface area contributed by atoms with E-state index in [0.29, 0.717) is 6.54 Å². The highest BCUT2D eigenvalue weighted by Gasteiger charge is 2.14. The number of anilines is 1. The van der Waals surface area contributed by atoms with Gasteiger partial charge in [-0.25, -0.2) is 0 Å². The minimum atomic E-state index is -0.302. The van der Waals surface area contributed by atoms with E-state index in [1.165, 1.54) is 24.0 Å². The molecular weight excluding hydrogens is 266 g/mol. The lowest BCUT2D eigenvalue weighted by atomic mass is 9.99. The van der Waals surface area contributed by atoms with Gasteiger partial charge in [-0.15, -0.1) is 0 Å². The molecule has 0 spiro atoms. The van der Waals surface area contributed by atoms with Gasteiger partial charge in [-0.3, -0.25) is 9.78 Å². The molecule has 3 rings (SSSR count). The number of carbonyl (C=O) groups is 1. The van der Waals surface area contributed by atoms with Gasteiger partial charge >= 0.3 is 0 Å². The van der Waals surface area contributed by atoms with Crippen LogP contribution in [0.4, 0.5) is 5.69 Å². The van der Waals surface area contributed by atoms with Crippen LogP contribution in [-0.4, -0.2) is 22.5 Å². The van der Waals surface area contributed by atoms with Gasteiger partial charge in [0.15, 0.2) is 0 Å². The lowest BCUT2D eigenvalue weighted by Gasteiger charge is -2.21. The summed E-state index contributed by atoms with van der Waals surface area (Å²) in [7, 11) is 0. The summed E-state index contributed by atoms with van der Waals surface area (Å²) in [5.74, 6) is -0.411. The fraction of sp³-hybridized carbons (Fsp3) is 0.250. The molecule has 2 aromatic rings. The first-order chi connectivity index (χ1) is 10.3. The van der Waals surface area contributed by atoms with Gasteiger partial charge in [0.1, 0.15) is 5.75 Å². The summed E-state index contributed by atoms with van der Waals surface area (Å²) < 4.78 is 0. The van der Waals surface area contributed by atoms with Gasteiger partial charge in [0.25, 0.3) is 5.91 Å². The summed E-state index contributed by atoms with van der Waals surface area (Å²) in [5, 5.41) is 15.9. The Morgan fingerprint density at radius 1 is 1.38 bits per heavy atom. The fourth-order valence-electron chi connectivity index (χ4n) is 2.58. The van der Waals surface area contributed by atoms with Gasteiger partial charge in [0, 0.05) is 25.0 Å². The molecule has 21 heavy (non-hydrogen) atoms. The van der Waals surface area contributed by atoms with E-state index in [-0.39, 0.29) is 17.2 Å². The molecule has 5 heteroatoms. The number of amides is 1. The molecule has 1 aromatic carbocycles. The van der Waals surface area contributed by atoms with Crippen LogP contribution in [0.15, 0.2) is 36.7 Å². The summed E-state index contributed by atoms with van der Waals surface area (Å²) >= 11 is 0. The second kappa shape index (κ2) is 5.83. The van der Waals surface area contributed by atoms with Gasteiger partial charge in [0.05, 0.1) is 11.8 Å². The maximum absolute atomic E-state index is 12.1. The SMILES string of the molecule is O=C(NCc1cccc2c1NCCC2)c1ccncc1O. The highest BCUT2D eigenvalue weighted by molar-refractivity contribution is 5.96. The molecule has 0 atom stereocenters. The first-order valence-electron chi connectivity index (χ1n) is 7.01. The van der Waals surface area contributed by atoms with Crippen molar-refractivity contribution in [3.05, 3.63) is 53.3 Å². The van der Waals surface area contributed by atoms with Crippen molar-refractivity contribution < 1.29 is 9.90 Å². The van der Waals surface area contributed by atoms with E-state index >= 15 is 0 Å². The number of hydrogen-bond donors (Lipinski definition) is 3. The summed E-state index contributed by atoms with van der Waals surface area (Å²) in [6.45, 7) is 1.39. The van der Waals surface area contributed by atoms with E-state index in [1.807, 2.05) is 12.1 Å². The maximum atomic E-state index is 12.1. The average molecular weight is 283 g/mol. The standard InChI is InChI=1S/C16H17N3O2/c20-14-10-17-8-6-13(14)16(21)19-9-12-4-1-3-11-5-2-7-18-15(11)12/h1,3-4,6,8,10,18,20H,2,5,7,9H2,(H,19,21). The lowest BCUT2D eigenvalue weighted by Crippen LogP contribution is -2.24. The summed E-state index contributed by atoms with van der Waals surface area (Å²) in [5.41, 5.74) is 3.72. The predicted octanol–water partition coefficient (Wildman–Crippen LogP) is 2.08. The van der Waals surface area contributed by atoms with Gasteiger partial charge in [-0.05, 0) is 30.0 Å². The molecule has 1 amide bonds. The van der Waals surface area contributed by atoms with Crippen molar-refractivity contribution >= 4 is 11.6 Å². The van der Waals surface area contributed by atoms with Crippen LogP contribution in [0.5, 0.6) is 5.75 Å². The minimum absolute atomic E-state index is 0.108. The van der Waals surface area contributed by atoms with Crippen molar-refractivity contribution in [1.82, 2.24) is 10.3 Å². The molecule has 5 nitrogen and oxygen atoms in total. The highest BCUT2D eigenvalue weighted by Crippen LogP contribution is 2.26. The number of carbonyl (C=O) groups excluding carboxylic acids is 1. The second-order valence-corrected chi connectivity index (χ2v) is 5.06. The van der Waals surface area contributed by atoms with E-state index in [0.717, 1.165) is 30.6 Å². The molecule has 1 aliphatic rings. The van der Waals surface area contributed by atoms with Gasteiger partial charge in [0.2, 0.25) is 0 Å². The zero-order valence-electron chi connectivity index (χ0n) is 11.6. The molecule has 0 aliphatic carbocycles. The third kappa shape index (κ3) is 2.81. The Labute approximate surface area is 123 Å². The Morgan fingerprint density at radius 2 is 2.29 bits per heavy atom. The van der Waals surface area contributed by atoms with Crippen molar-refractivity contribution in [3.63, 3.8) is 0 Å². The second-order valence-electron chi connectivity index (χ2n) is 5.06. The zero-order chi connectivity index (χ0) is 14.7. The zero-order valence-corrected chi connectivity index (χ0v) is 11.6. The molecule has 0 saturated carbocycles. The number of pyridine rings is 1. The van der Waals surface area contributed by atoms with Crippen molar-refractivity contribution in [2.75, 3.05) is 11.9 Å². The molecule has 0 unspecified atom stereocenters. The van der Waals surface area contributed by atoms with Crippen LogP contribution in [0.25, 0.3) is 0 Å². The minimum Gasteiger partial charge on any atom is -0.505 e. The van der Waals surface area contributed by atoms with E-state index in [2.05, 4.69) is 21.7 Å². The van der Waals surface area contributed by atoms with Crippen molar-refractivity contribution in [2.24, 2.45) is 0 Å². The Morgan fingerprint density at radius 3 is 3.14 bits per heavy atom. The van der Waals surface area contributed by atoms with Gasteiger partial charge < -0.3 is 15.7 Å². The van der Waals surface area contributed by atoms with Gasteiger partial charge in [-0.2, -0.15) is 0 Å². The molecule has 3 N–H and O–H groups in total. The summed E-state index contributed by atoms with van der Waals surface area (Å²) in [6, 6.07) is 7.63. The number of fused-ring (bicyclic) bond motifs is 1. The normalized spacial score (nSPS) is 13.1. The van der Waals surface area contributed by atoms with Crippen LogP contribution in [0.2, 0.25) is 0 Å². The van der Waals surface area contributed by atoms with Crippen LogP contribution < -0.4 is 10.6 Å². The van der Waals surface area contributed by atoms with Crippen LogP contribution >= 0.6 is 0 Å². The summed E-state index contributed by atoms with van der Waals surface area (Å²) in [4.78, 5) is 15.9. The highest BCUT2D eigenvalue weighted by atomic mass is 16.3. The lowest BCUT2D eigenvalue weighted by molar-refractivity contribution is 0.0948. The van der Waals surface area contributed by atoms with E-state index in [9.17, 15) is 9.90 Å². The number of nitrogens with zero attached hydrogens (tertiary/aromatic N) is 1. The molecule has 0 saturated heterocycles. The van der Waals surface area contributed by atoms with E-state index in [4.69, 9.17) is 0 Å². The van der Waals surface area contributed by atoms with Crippen LogP contribution in [0.3, 0.4) is 0 Å². The molecular formula is C16H17N3O2. The quantitative estimate of drug-likeness (QED) is 0.806. The fourth-order valence-corrected chi connectivity index (χ4v) is 2.58. The third-order valence-electron chi connectivity index (χ3n) is 3.65. The number of nitrogens with one attached hydrogen (secondary N) is 2. The van der Waals surface area contributed by atoms with E-state index in [1.54, 1.807) is 0 Å². The van der Waals surface area contributed by atoms with Crippen molar-refractivity contribution in [3.8, 4) is 5.75 Å². The van der Waals surface area contributed by atoms with Crippen molar-refractivity contribution in [1.29, 1.82) is 0 Å². The number of hydrogen-bond acceptors (Lipinski definition) is 4. The number of aromatic hydroxyl groups is 1. The monoisotopic (exact) mass is 283 g/mol. The Balaban J connectivity index is 1.74. The molecule has 1 aromatic heterocycles. The third-order valence-corrected chi connectivity index (χ3v) is 3.65. The van der Waals surface area contributed by atoms with E-state index < -0.39 is 0 Å². The Hall–Kier alpha value is -2.56. The number of rotatable bonds is 3. The Kier molecular flexibility index (Phi) is 3.73. The first kappa shape index (κ1) is 13.4. The average Bonchev–Trinajstić information content (AvgIpc) is 2.53. The largest absolute Gasteiger partial charge is 0.505 e. The molecule has 0 fully saturated rings. The number of aromatic nitrogens is 1. The smallest absolute Gasteiger partial charge is 0.255 e. The van der Waals surface area contributed by atoms with Crippen molar-refractivity contribution in [2.45, 2.75) is 19.4 Å². The topological polar surface area (TPSA) is 74.2 Å². The van der Waals surface area contributed by atoms with Crippen LogP contribution in [0.1, 0.15) is 27.9 Å². The number of aryl methyl sites for hydroxylation is 1. The van der Waals surface area contributed by atoms with Crippen LogP contribution in [0, 0.1) is 0 Å².